The first-order chi connectivity index (χ1) is 28.1. The molecule has 0 rings (SSSR count). The number of phosphoric acid groups is 1. The van der Waals surface area contributed by atoms with Gasteiger partial charge in [0.15, 0.2) is 6.10 Å². The van der Waals surface area contributed by atoms with Crippen LogP contribution in [-0.4, -0.2) is 59.9 Å². The van der Waals surface area contributed by atoms with E-state index in [-0.39, 0.29) is 12.8 Å². The minimum atomic E-state index is -4.74. The Morgan fingerprint density at radius 1 is 0.534 bits per heavy atom. The molecule has 0 aliphatic rings. The van der Waals surface area contributed by atoms with Crippen molar-refractivity contribution in [2.24, 2.45) is 5.73 Å². The molecule has 4 N–H and O–H groups in total. The maximum atomic E-state index is 12.6. The molecule has 0 aromatic heterocycles. The largest absolute Gasteiger partial charge is 0.480 e. The summed E-state index contributed by atoms with van der Waals surface area (Å²) < 4.78 is 32.6. The lowest BCUT2D eigenvalue weighted by Gasteiger charge is -2.20. The number of hydrogen-bond donors (Lipinski definition) is 3. The molecule has 0 fully saturated rings. The molecular weight excluding hydrogens is 757 g/mol. The predicted molar refractivity (Wildman–Crippen MR) is 235 cm³/mol. The molecule has 0 saturated heterocycles. The molecule has 0 aliphatic carbocycles. The summed E-state index contributed by atoms with van der Waals surface area (Å²) in [6.07, 6.45) is 48.4. The van der Waals surface area contributed by atoms with Gasteiger partial charge in [0.25, 0.3) is 0 Å². The molecule has 0 aromatic rings. The highest BCUT2D eigenvalue weighted by Crippen LogP contribution is 2.43. The molecule has 0 spiro atoms. The Kier molecular flexibility index (Phi) is 38.5. The van der Waals surface area contributed by atoms with Gasteiger partial charge < -0.3 is 25.2 Å². The first-order valence-electron chi connectivity index (χ1n) is 22.0. The van der Waals surface area contributed by atoms with E-state index in [0.29, 0.717) is 25.7 Å². The summed E-state index contributed by atoms with van der Waals surface area (Å²) in [7, 11) is -4.74. The van der Waals surface area contributed by atoms with Crippen molar-refractivity contribution < 1.29 is 47.5 Å². The first-order valence-corrected chi connectivity index (χ1v) is 23.5. The average molecular weight is 836 g/mol. The van der Waals surface area contributed by atoms with Gasteiger partial charge in [-0.05, 0) is 77.0 Å². The fourth-order valence-corrected chi connectivity index (χ4v) is 6.23. The van der Waals surface area contributed by atoms with E-state index in [0.717, 1.165) is 38.5 Å². The van der Waals surface area contributed by atoms with Crippen molar-refractivity contribution in [1.29, 1.82) is 0 Å². The molecule has 0 radical (unpaired) electrons. The van der Waals surface area contributed by atoms with Crippen molar-refractivity contribution in [3.63, 3.8) is 0 Å². The molecular formula is C46H78NO10P. The summed E-state index contributed by atoms with van der Waals surface area (Å²) in [4.78, 5) is 45.9. The number of carboxylic acid groups (broad SMARTS) is 1. The van der Waals surface area contributed by atoms with Gasteiger partial charge in [-0.25, -0.2) is 4.57 Å². The van der Waals surface area contributed by atoms with Gasteiger partial charge >= 0.3 is 25.7 Å². The summed E-state index contributed by atoms with van der Waals surface area (Å²) in [5, 5.41) is 8.89. The van der Waals surface area contributed by atoms with E-state index in [1.54, 1.807) is 0 Å². The van der Waals surface area contributed by atoms with Gasteiger partial charge in [-0.3, -0.25) is 23.4 Å². The number of phosphoric ester groups is 1. The van der Waals surface area contributed by atoms with Crippen LogP contribution >= 0.6 is 7.82 Å². The van der Waals surface area contributed by atoms with E-state index in [4.69, 9.17) is 24.8 Å². The zero-order valence-corrected chi connectivity index (χ0v) is 36.8. The van der Waals surface area contributed by atoms with Crippen LogP contribution in [0.3, 0.4) is 0 Å². The van der Waals surface area contributed by atoms with E-state index in [2.05, 4.69) is 73.1 Å². The third kappa shape index (κ3) is 39.7. The summed E-state index contributed by atoms with van der Waals surface area (Å²) in [6.45, 7) is 2.68. The molecule has 1 unspecified atom stereocenters. The van der Waals surface area contributed by atoms with Crippen molar-refractivity contribution in [2.75, 3.05) is 19.8 Å². The van der Waals surface area contributed by atoms with E-state index in [1.165, 1.54) is 77.0 Å². The molecule has 12 heteroatoms. The number of nitrogens with two attached hydrogens (primary N) is 1. The number of aliphatic carboxylic acids is 1. The number of esters is 2. The summed E-state index contributed by atoms with van der Waals surface area (Å²) in [5.74, 6) is -2.52. The number of unbranched alkanes of at least 4 members (excludes halogenated alkanes) is 14. The Hall–Kier alpha value is -3.08. The van der Waals surface area contributed by atoms with Gasteiger partial charge in [0.2, 0.25) is 0 Å². The van der Waals surface area contributed by atoms with Crippen LogP contribution in [0.5, 0.6) is 0 Å². The normalized spacial score (nSPS) is 14.4. The molecule has 0 amide bonds. The highest BCUT2D eigenvalue weighted by Gasteiger charge is 2.28. The fraction of sp³-hybridized carbons (Fsp3) is 0.674. The van der Waals surface area contributed by atoms with Gasteiger partial charge in [0, 0.05) is 12.8 Å². The van der Waals surface area contributed by atoms with Crippen molar-refractivity contribution in [3.05, 3.63) is 72.9 Å². The summed E-state index contributed by atoms with van der Waals surface area (Å²) in [5.41, 5.74) is 5.32. The zero-order valence-electron chi connectivity index (χ0n) is 35.9. The fourth-order valence-electron chi connectivity index (χ4n) is 5.45. The molecule has 0 aliphatic heterocycles. The van der Waals surface area contributed by atoms with E-state index in [9.17, 15) is 23.8 Å². The standard InChI is InChI=1S/C46H78NO10P/c1-3-5-7-9-11-13-15-17-19-21-23-25-27-29-31-33-35-37-44(48)54-39-42(40-55-58(52,53)56-41-43(47)46(50)51)57-45(49)38-36-34-32-30-28-26-24-22-20-18-16-14-12-10-8-6-4-2/h17-20,23-26,29-32,42-43H,3-16,21-22,27-28,33-41,47H2,1-2H3,(H,50,51)(H,52,53)/b19-17+,20-18+,25-23+,26-24+,31-29+,32-30+/t42-,43+/m1/s1. The third-order valence-corrected chi connectivity index (χ3v) is 9.88. The average Bonchev–Trinajstić information content (AvgIpc) is 3.20. The van der Waals surface area contributed by atoms with Crippen molar-refractivity contribution >= 4 is 25.7 Å². The minimum absolute atomic E-state index is 0.0756. The van der Waals surface area contributed by atoms with Crippen molar-refractivity contribution in [2.45, 2.75) is 180 Å². The Morgan fingerprint density at radius 3 is 1.36 bits per heavy atom. The Balaban J connectivity index is 4.54. The predicted octanol–water partition coefficient (Wildman–Crippen LogP) is 11.7. The monoisotopic (exact) mass is 836 g/mol. The Morgan fingerprint density at radius 2 is 0.914 bits per heavy atom. The smallest absolute Gasteiger partial charge is 0.472 e. The van der Waals surface area contributed by atoms with Crippen LogP contribution in [0.4, 0.5) is 0 Å². The van der Waals surface area contributed by atoms with Crippen LogP contribution in [0, 0.1) is 0 Å². The van der Waals surface area contributed by atoms with Gasteiger partial charge in [-0.15, -0.1) is 0 Å². The highest BCUT2D eigenvalue weighted by atomic mass is 31.2. The van der Waals surface area contributed by atoms with Crippen LogP contribution in [0.15, 0.2) is 72.9 Å². The molecule has 3 atom stereocenters. The van der Waals surface area contributed by atoms with Crippen molar-refractivity contribution in [3.8, 4) is 0 Å². The molecule has 11 nitrogen and oxygen atoms in total. The molecule has 0 heterocycles. The van der Waals surface area contributed by atoms with Crippen LogP contribution in [-0.2, 0) is 37.5 Å². The second kappa shape index (κ2) is 40.7. The number of ether oxygens (including phenoxy) is 2. The molecule has 332 valence electrons. The second-order valence-corrected chi connectivity index (χ2v) is 15.9. The summed E-state index contributed by atoms with van der Waals surface area (Å²) >= 11 is 0. The number of carbonyl (C=O) groups excluding carboxylic acids is 2. The van der Waals surface area contributed by atoms with Crippen LogP contribution in [0.25, 0.3) is 0 Å². The SMILES string of the molecule is CCCCCCCC/C=C/C/C=C/C/C=C/CCCC(=O)OC[C@H](COP(=O)(O)OC[C@H](N)C(=O)O)OC(=O)CCC/C=C/C/C=C/C/C=C/CCCCCCCC. The number of carboxylic acids is 1. The lowest BCUT2D eigenvalue weighted by molar-refractivity contribution is -0.161. The number of hydrogen-bond acceptors (Lipinski definition) is 9. The quantitative estimate of drug-likeness (QED) is 0.0232. The molecule has 0 aromatic carbocycles. The van der Waals surface area contributed by atoms with Crippen LogP contribution in [0.1, 0.15) is 168 Å². The zero-order chi connectivity index (χ0) is 42.8. The maximum Gasteiger partial charge on any atom is 0.472 e. The maximum absolute atomic E-state index is 12.6. The molecule has 0 saturated carbocycles. The number of rotatable bonds is 40. The third-order valence-electron chi connectivity index (χ3n) is 8.93. The van der Waals surface area contributed by atoms with E-state index < -0.39 is 57.7 Å². The second-order valence-electron chi connectivity index (χ2n) is 14.5. The number of carbonyl (C=O) groups is 3. The minimum Gasteiger partial charge on any atom is -0.480 e. The van der Waals surface area contributed by atoms with Crippen molar-refractivity contribution in [1.82, 2.24) is 0 Å². The van der Waals surface area contributed by atoms with Gasteiger partial charge in [-0.1, -0.05) is 151 Å². The first kappa shape index (κ1) is 54.9. The van der Waals surface area contributed by atoms with E-state index >= 15 is 0 Å². The number of allylic oxidation sites excluding steroid dienone is 12. The highest BCUT2D eigenvalue weighted by molar-refractivity contribution is 7.47. The Bertz CT molecular complexity index is 1260. The molecule has 0 bridgehead atoms. The van der Waals surface area contributed by atoms with Gasteiger partial charge in [0.05, 0.1) is 13.2 Å². The molecule has 58 heavy (non-hydrogen) atoms. The van der Waals surface area contributed by atoms with Crippen LogP contribution < -0.4 is 5.73 Å². The summed E-state index contributed by atoms with van der Waals surface area (Å²) in [6, 6.07) is -1.54. The van der Waals surface area contributed by atoms with Gasteiger partial charge in [0.1, 0.15) is 12.6 Å². The lowest BCUT2D eigenvalue weighted by atomic mass is 10.1. The topological polar surface area (TPSA) is 172 Å². The van der Waals surface area contributed by atoms with Crippen LogP contribution in [0.2, 0.25) is 0 Å². The van der Waals surface area contributed by atoms with Gasteiger partial charge in [-0.2, -0.15) is 0 Å². The Labute approximate surface area is 350 Å². The lowest BCUT2D eigenvalue weighted by Crippen LogP contribution is -2.34. The van der Waals surface area contributed by atoms with E-state index in [1.807, 2.05) is 18.2 Å².